The largest absolute Gasteiger partial charge is 0.349 e. The molecule has 1 amide bonds. The van der Waals surface area contributed by atoms with Crippen molar-refractivity contribution < 1.29 is 4.79 Å². The average molecular weight is 288 g/mol. The maximum absolute atomic E-state index is 12.4. The molecule has 3 nitrogen and oxygen atoms in total. The molecule has 1 aromatic carbocycles. The van der Waals surface area contributed by atoms with Gasteiger partial charge in [-0.3, -0.25) is 4.79 Å². The first-order valence-electron chi connectivity index (χ1n) is 8.01. The topological polar surface area (TPSA) is 55.1 Å². The molecule has 3 heteroatoms. The van der Waals surface area contributed by atoms with E-state index in [9.17, 15) is 4.79 Å². The van der Waals surface area contributed by atoms with E-state index in [1.54, 1.807) is 0 Å². The zero-order valence-electron chi connectivity index (χ0n) is 13.5. The molecule has 116 valence electrons. The Bertz CT molecular complexity index is 473. The molecule has 1 fully saturated rings. The number of carbonyl (C=O) groups excluding carboxylic acids is 1. The van der Waals surface area contributed by atoms with E-state index in [4.69, 9.17) is 5.73 Å². The van der Waals surface area contributed by atoms with Crippen LogP contribution in [0.15, 0.2) is 24.3 Å². The molecular formula is C18H28N2O. The molecule has 0 aliphatic heterocycles. The van der Waals surface area contributed by atoms with Gasteiger partial charge in [0.2, 0.25) is 0 Å². The Balaban J connectivity index is 2.05. The number of nitrogens with one attached hydrogen (secondary N) is 1. The number of nitrogens with two attached hydrogens (primary N) is 1. The number of rotatable bonds is 3. The van der Waals surface area contributed by atoms with E-state index >= 15 is 0 Å². The predicted octanol–water partition coefficient (Wildman–Crippen LogP) is 3.48. The van der Waals surface area contributed by atoms with E-state index in [0.717, 1.165) is 17.5 Å². The molecule has 2 unspecified atom stereocenters. The molecule has 1 aliphatic rings. The Morgan fingerprint density at radius 1 is 1.19 bits per heavy atom. The highest BCUT2D eigenvalue weighted by molar-refractivity contribution is 5.94. The molecule has 0 bridgehead atoms. The molecule has 0 saturated heterocycles. The van der Waals surface area contributed by atoms with Crippen LogP contribution in [-0.4, -0.2) is 11.9 Å². The summed E-state index contributed by atoms with van der Waals surface area (Å²) in [6.07, 6.45) is 4.79. The van der Waals surface area contributed by atoms with Crippen molar-refractivity contribution in [3.63, 3.8) is 0 Å². The van der Waals surface area contributed by atoms with Crippen molar-refractivity contribution in [2.24, 2.45) is 17.1 Å². The summed E-state index contributed by atoms with van der Waals surface area (Å²) in [5.41, 5.74) is 7.61. The van der Waals surface area contributed by atoms with E-state index in [0.29, 0.717) is 18.5 Å². The Morgan fingerprint density at radius 2 is 1.81 bits per heavy atom. The van der Waals surface area contributed by atoms with Gasteiger partial charge in [0.1, 0.15) is 0 Å². The van der Waals surface area contributed by atoms with Crippen molar-refractivity contribution in [2.45, 2.75) is 59.0 Å². The summed E-state index contributed by atoms with van der Waals surface area (Å²) < 4.78 is 0. The van der Waals surface area contributed by atoms with Crippen molar-refractivity contribution in [3.05, 3.63) is 35.4 Å². The molecule has 2 rings (SSSR count). The maximum atomic E-state index is 12.4. The van der Waals surface area contributed by atoms with Crippen molar-refractivity contribution in [1.29, 1.82) is 0 Å². The zero-order valence-corrected chi connectivity index (χ0v) is 13.5. The molecule has 1 aliphatic carbocycles. The molecular weight excluding hydrogens is 260 g/mol. The second kappa shape index (κ2) is 6.61. The third kappa shape index (κ3) is 4.07. The van der Waals surface area contributed by atoms with Gasteiger partial charge in [-0.05, 0) is 41.9 Å². The minimum absolute atomic E-state index is 0.0414. The Labute approximate surface area is 128 Å². The van der Waals surface area contributed by atoms with Gasteiger partial charge in [0.25, 0.3) is 5.91 Å². The molecule has 3 N–H and O–H groups in total. The Kier molecular flexibility index (Phi) is 5.04. The van der Waals surface area contributed by atoms with Crippen LogP contribution in [0, 0.1) is 11.3 Å². The lowest BCUT2D eigenvalue weighted by Crippen LogP contribution is -2.46. The molecule has 21 heavy (non-hydrogen) atoms. The molecule has 0 radical (unpaired) electrons. The SMILES string of the molecule is CC(C)(C)C1CCCCC1NC(=O)c1ccc(CN)cc1. The summed E-state index contributed by atoms with van der Waals surface area (Å²) in [4.78, 5) is 12.4. The van der Waals surface area contributed by atoms with Crippen LogP contribution in [0.5, 0.6) is 0 Å². The highest BCUT2D eigenvalue weighted by atomic mass is 16.1. The molecule has 0 spiro atoms. The molecule has 1 saturated carbocycles. The number of benzene rings is 1. The molecule has 2 atom stereocenters. The van der Waals surface area contributed by atoms with Crippen LogP contribution in [0.2, 0.25) is 0 Å². The number of hydrogen-bond acceptors (Lipinski definition) is 2. The van der Waals surface area contributed by atoms with Gasteiger partial charge in [0.15, 0.2) is 0 Å². The van der Waals surface area contributed by atoms with E-state index in [2.05, 4.69) is 26.1 Å². The van der Waals surface area contributed by atoms with E-state index < -0.39 is 0 Å². The first-order chi connectivity index (χ1) is 9.91. The van der Waals surface area contributed by atoms with Crippen LogP contribution in [0.3, 0.4) is 0 Å². The predicted molar refractivity (Wildman–Crippen MR) is 87.0 cm³/mol. The zero-order chi connectivity index (χ0) is 15.5. The van der Waals surface area contributed by atoms with Gasteiger partial charge in [-0.25, -0.2) is 0 Å². The Morgan fingerprint density at radius 3 is 2.38 bits per heavy atom. The third-order valence-electron chi connectivity index (χ3n) is 4.65. The summed E-state index contributed by atoms with van der Waals surface area (Å²) in [5.74, 6) is 0.596. The van der Waals surface area contributed by atoms with Gasteiger partial charge in [0, 0.05) is 18.2 Å². The normalized spacial score (nSPS) is 22.9. The van der Waals surface area contributed by atoms with Crippen LogP contribution in [0.1, 0.15) is 62.4 Å². The highest BCUT2D eigenvalue weighted by Gasteiger charge is 2.34. The van der Waals surface area contributed by atoms with Crippen molar-refractivity contribution in [3.8, 4) is 0 Å². The lowest BCUT2D eigenvalue weighted by atomic mass is 9.69. The number of hydrogen-bond donors (Lipinski definition) is 2. The standard InChI is InChI=1S/C18H28N2O/c1-18(2,3)15-6-4-5-7-16(15)20-17(21)14-10-8-13(12-19)9-11-14/h8-11,15-16H,4-7,12,19H2,1-3H3,(H,20,21). The van der Waals surface area contributed by atoms with Gasteiger partial charge in [-0.1, -0.05) is 45.7 Å². The number of carbonyl (C=O) groups is 1. The van der Waals surface area contributed by atoms with Gasteiger partial charge < -0.3 is 11.1 Å². The van der Waals surface area contributed by atoms with Crippen LogP contribution < -0.4 is 11.1 Å². The fraction of sp³-hybridized carbons (Fsp3) is 0.611. The quantitative estimate of drug-likeness (QED) is 0.894. The first kappa shape index (κ1) is 16.0. The van der Waals surface area contributed by atoms with Crippen LogP contribution in [-0.2, 0) is 6.54 Å². The lowest BCUT2D eigenvalue weighted by Gasteiger charge is -2.40. The van der Waals surface area contributed by atoms with Crippen molar-refractivity contribution in [1.82, 2.24) is 5.32 Å². The van der Waals surface area contributed by atoms with Crippen LogP contribution in [0.25, 0.3) is 0 Å². The highest BCUT2D eigenvalue weighted by Crippen LogP contribution is 2.38. The van der Waals surface area contributed by atoms with Crippen molar-refractivity contribution >= 4 is 5.91 Å². The fourth-order valence-electron chi connectivity index (χ4n) is 3.38. The monoisotopic (exact) mass is 288 g/mol. The van der Waals surface area contributed by atoms with Gasteiger partial charge in [0.05, 0.1) is 0 Å². The van der Waals surface area contributed by atoms with E-state index in [-0.39, 0.29) is 11.3 Å². The molecule has 1 aromatic rings. The first-order valence-corrected chi connectivity index (χ1v) is 8.01. The Hall–Kier alpha value is -1.35. The fourth-order valence-corrected chi connectivity index (χ4v) is 3.38. The molecule has 0 aromatic heterocycles. The summed E-state index contributed by atoms with van der Waals surface area (Å²) in [6.45, 7) is 7.34. The van der Waals surface area contributed by atoms with E-state index in [1.807, 2.05) is 24.3 Å². The maximum Gasteiger partial charge on any atom is 0.251 e. The van der Waals surface area contributed by atoms with E-state index in [1.165, 1.54) is 19.3 Å². The lowest BCUT2D eigenvalue weighted by molar-refractivity contribution is 0.0830. The summed E-state index contributed by atoms with van der Waals surface area (Å²) >= 11 is 0. The van der Waals surface area contributed by atoms with Crippen molar-refractivity contribution in [2.75, 3.05) is 0 Å². The minimum Gasteiger partial charge on any atom is -0.349 e. The van der Waals surface area contributed by atoms with Crippen LogP contribution >= 0.6 is 0 Å². The minimum atomic E-state index is 0.0414. The van der Waals surface area contributed by atoms with Gasteiger partial charge >= 0.3 is 0 Å². The van der Waals surface area contributed by atoms with Crippen LogP contribution in [0.4, 0.5) is 0 Å². The summed E-state index contributed by atoms with van der Waals surface area (Å²) in [6, 6.07) is 7.88. The summed E-state index contributed by atoms with van der Waals surface area (Å²) in [7, 11) is 0. The number of amides is 1. The third-order valence-corrected chi connectivity index (χ3v) is 4.65. The smallest absolute Gasteiger partial charge is 0.251 e. The molecule has 0 heterocycles. The summed E-state index contributed by atoms with van der Waals surface area (Å²) in [5, 5.41) is 3.26. The average Bonchev–Trinajstić information content (AvgIpc) is 2.47. The van der Waals surface area contributed by atoms with Gasteiger partial charge in [-0.2, -0.15) is 0 Å². The van der Waals surface area contributed by atoms with Gasteiger partial charge in [-0.15, -0.1) is 0 Å². The second-order valence-electron chi connectivity index (χ2n) is 7.24. The second-order valence-corrected chi connectivity index (χ2v) is 7.24.